The molecule has 6 rings (SSSR count). The van der Waals surface area contributed by atoms with Gasteiger partial charge in [-0.2, -0.15) is 5.23 Å². The first-order valence-corrected chi connectivity index (χ1v) is 11.4. The van der Waals surface area contributed by atoms with Crippen molar-refractivity contribution in [3.63, 3.8) is 0 Å². The summed E-state index contributed by atoms with van der Waals surface area (Å²) in [6.07, 6.45) is 0. The Labute approximate surface area is 197 Å². The summed E-state index contributed by atoms with van der Waals surface area (Å²) < 4.78 is 2.32. The van der Waals surface area contributed by atoms with Gasteiger partial charge in [-0.15, -0.1) is 0 Å². The van der Waals surface area contributed by atoms with Gasteiger partial charge in [0.2, 0.25) is 0 Å². The molecule has 2 heterocycles. The molecule has 0 saturated carbocycles. The first kappa shape index (κ1) is 20.5. The van der Waals surface area contributed by atoms with Crippen LogP contribution >= 0.6 is 11.3 Å². The van der Waals surface area contributed by atoms with Crippen molar-refractivity contribution < 1.29 is 10.4 Å². The van der Waals surface area contributed by atoms with Gasteiger partial charge in [-0.3, -0.25) is 4.79 Å². The third-order valence-corrected chi connectivity index (χ3v) is 7.02. The third kappa shape index (κ3) is 3.09. The Bertz CT molecular complexity index is 1750. The lowest BCUT2D eigenvalue weighted by Crippen LogP contribution is -2.99. The number of rotatable bonds is 3. The molecule has 0 bridgehead atoms. The lowest BCUT2D eigenvalue weighted by molar-refractivity contribution is -0.991. The number of fused-ring (bicyclic) bond motifs is 3. The zero-order valence-corrected chi connectivity index (χ0v) is 18.5. The van der Waals surface area contributed by atoms with Crippen LogP contribution in [0.3, 0.4) is 0 Å². The van der Waals surface area contributed by atoms with Crippen molar-refractivity contribution in [1.82, 2.24) is 9.55 Å². The normalized spacial score (nSPS) is 12.5. The van der Waals surface area contributed by atoms with Crippen LogP contribution in [0.1, 0.15) is 0 Å². The van der Waals surface area contributed by atoms with E-state index in [1.54, 1.807) is 6.07 Å². The molecule has 34 heavy (non-hydrogen) atoms. The summed E-state index contributed by atoms with van der Waals surface area (Å²) in [6.45, 7) is 0. The number of nitrogens with zero attached hydrogens (tertiary/aromatic N) is 2. The zero-order chi connectivity index (χ0) is 23.4. The first-order valence-electron chi connectivity index (χ1n) is 10.6. The van der Waals surface area contributed by atoms with Crippen molar-refractivity contribution in [2.24, 2.45) is 0 Å². The summed E-state index contributed by atoms with van der Waals surface area (Å²) >= 11 is 1.36. The number of anilines is 1. The molecule has 0 aliphatic rings. The highest BCUT2D eigenvalue weighted by atomic mass is 32.1. The molecule has 6 aromatic rings. The van der Waals surface area contributed by atoms with E-state index in [1.165, 1.54) is 28.0 Å². The van der Waals surface area contributed by atoms with Gasteiger partial charge in [-0.25, -0.2) is 14.8 Å². The van der Waals surface area contributed by atoms with Crippen LogP contribution in [-0.4, -0.2) is 14.8 Å². The summed E-state index contributed by atoms with van der Waals surface area (Å²) in [7, 11) is 0. The molecule has 0 amide bonds. The zero-order valence-electron chi connectivity index (χ0n) is 17.7. The van der Waals surface area contributed by atoms with Gasteiger partial charge in [-0.05, 0) is 39.9 Å². The minimum absolute atomic E-state index is 0.0362. The number of pyridine rings is 1. The minimum atomic E-state index is -1.10. The standard InChI is InChI=1S/C26H18N4O3S/c27-24-23(18-9-5-7-15-6-1-2-8-17(15)18)19-13-12-16(30(32)33)14-20(19)25(31)29(24)26-28-21-10-3-4-11-22(21)34-26/h1-14,30,32H,27H2. The molecule has 4 aromatic carbocycles. The van der Waals surface area contributed by atoms with Gasteiger partial charge in [0, 0.05) is 17.7 Å². The Morgan fingerprint density at radius 3 is 2.50 bits per heavy atom. The number of aromatic nitrogens is 2. The Balaban J connectivity index is 1.78. The van der Waals surface area contributed by atoms with Crippen LogP contribution in [0.25, 0.3) is 48.0 Å². The minimum Gasteiger partial charge on any atom is -0.595 e. The first-order chi connectivity index (χ1) is 16.5. The Morgan fingerprint density at radius 1 is 0.912 bits per heavy atom. The van der Waals surface area contributed by atoms with E-state index in [9.17, 15) is 15.2 Å². The summed E-state index contributed by atoms with van der Waals surface area (Å²) in [5.74, 6) is 0.260. The SMILES string of the molecule is Nc1c(-c2cccc3ccccc23)c2ccc([NH+]([O-])O)cc2c(=O)n1-c1nc2ccccc2s1. The Kier molecular flexibility index (Phi) is 4.68. The number of hydrogen-bond donors (Lipinski definition) is 3. The second-order valence-electron chi connectivity index (χ2n) is 7.96. The van der Waals surface area contributed by atoms with Crippen molar-refractivity contribution in [3.8, 4) is 16.3 Å². The Hall–Kier alpha value is -4.08. The smallest absolute Gasteiger partial charge is 0.266 e. The molecule has 0 aliphatic carbocycles. The highest BCUT2D eigenvalue weighted by Gasteiger charge is 2.21. The predicted molar refractivity (Wildman–Crippen MR) is 136 cm³/mol. The third-order valence-electron chi connectivity index (χ3n) is 6.00. The molecular weight excluding hydrogens is 448 g/mol. The van der Waals surface area contributed by atoms with Gasteiger partial charge in [0.1, 0.15) is 5.82 Å². The second kappa shape index (κ2) is 7.75. The van der Waals surface area contributed by atoms with Crippen LogP contribution in [0, 0.1) is 5.21 Å². The summed E-state index contributed by atoms with van der Waals surface area (Å²) in [5.41, 5.74) is 8.66. The van der Waals surface area contributed by atoms with Crippen molar-refractivity contribution in [2.75, 3.05) is 5.73 Å². The van der Waals surface area contributed by atoms with Crippen molar-refractivity contribution in [2.45, 2.75) is 0 Å². The van der Waals surface area contributed by atoms with E-state index in [0.717, 1.165) is 26.6 Å². The molecule has 166 valence electrons. The summed E-state index contributed by atoms with van der Waals surface area (Å²) in [4.78, 5) is 18.4. The number of nitrogen functional groups attached to an aromatic ring is 1. The molecule has 1 atom stereocenters. The van der Waals surface area contributed by atoms with Crippen LogP contribution in [-0.2, 0) is 0 Å². The van der Waals surface area contributed by atoms with Gasteiger partial charge in [0.05, 0.1) is 15.6 Å². The average molecular weight is 467 g/mol. The van der Waals surface area contributed by atoms with E-state index >= 15 is 0 Å². The molecule has 0 radical (unpaired) electrons. The molecular formula is C26H18N4O3S. The fourth-order valence-corrected chi connectivity index (χ4v) is 5.40. The van der Waals surface area contributed by atoms with Gasteiger partial charge in [0.15, 0.2) is 10.8 Å². The van der Waals surface area contributed by atoms with E-state index in [4.69, 9.17) is 5.73 Å². The molecule has 0 aliphatic heterocycles. The average Bonchev–Trinajstić information content (AvgIpc) is 3.27. The highest BCUT2D eigenvalue weighted by molar-refractivity contribution is 7.20. The topological polar surface area (TPSA) is 109 Å². The molecule has 1 unspecified atom stereocenters. The number of benzene rings is 4. The quantitative estimate of drug-likeness (QED) is 0.335. The molecule has 8 heteroatoms. The predicted octanol–water partition coefficient (Wildman–Crippen LogP) is 4.41. The maximum Gasteiger partial charge on any atom is 0.266 e. The molecule has 0 saturated heterocycles. The number of para-hydroxylation sites is 1. The van der Waals surface area contributed by atoms with E-state index in [-0.39, 0.29) is 16.9 Å². The van der Waals surface area contributed by atoms with E-state index in [1.807, 2.05) is 66.7 Å². The molecule has 0 spiro atoms. The van der Waals surface area contributed by atoms with Gasteiger partial charge >= 0.3 is 0 Å². The molecule has 2 aromatic heterocycles. The van der Waals surface area contributed by atoms with Crippen molar-refractivity contribution in [1.29, 1.82) is 0 Å². The monoisotopic (exact) mass is 466 g/mol. The summed E-state index contributed by atoms with van der Waals surface area (Å²) in [6, 6.07) is 26.1. The fraction of sp³-hybridized carbons (Fsp3) is 0. The lowest BCUT2D eigenvalue weighted by Gasteiger charge is -2.18. The number of quaternary nitrogens is 1. The molecule has 4 N–H and O–H groups in total. The maximum atomic E-state index is 13.7. The van der Waals surface area contributed by atoms with Crippen LogP contribution in [0.15, 0.2) is 89.7 Å². The van der Waals surface area contributed by atoms with Crippen LogP contribution in [0.5, 0.6) is 0 Å². The number of nitrogens with two attached hydrogens (primary N) is 1. The van der Waals surface area contributed by atoms with E-state index in [0.29, 0.717) is 16.1 Å². The molecule has 0 fully saturated rings. The van der Waals surface area contributed by atoms with Crippen molar-refractivity contribution in [3.05, 3.63) is 100 Å². The Morgan fingerprint density at radius 2 is 1.68 bits per heavy atom. The maximum absolute atomic E-state index is 13.7. The van der Waals surface area contributed by atoms with E-state index < -0.39 is 10.8 Å². The number of nitrogens with one attached hydrogen (secondary N) is 1. The lowest BCUT2D eigenvalue weighted by atomic mass is 9.94. The number of thiazole rings is 1. The van der Waals surface area contributed by atoms with Crippen LogP contribution in [0.2, 0.25) is 0 Å². The van der Waals surface area contributed by atoms with Crippen LogP contribution in [0.4, 0.5) is 11.5 Å². The second-order valence-corrected chi connectivity index (χ2v) is 8.97. The number of hydrogen-bond acceptors (Lipinski definition) is 6. The molecule has 7 nitrogen and oxygen atoms in total. The van der Waals surface area contributed by atoms with Crippen LogP contribution < -0.4 is 16.5 Å². The largest absolute Gasteiger partial charge is 0.595 e. The summed E-state index contributed by atoms with van der Waals surface area (Å²) in [5, 5.41) is 23.5. The highest BCUT2D eigenvalue weighted by Crippen LogP contribution is 2.39. The van der Waals surface area contributed by atoms with Gasteiger partial charge in [-0.1, -0.05) is 65.9 Å². The van der Waals surface area contributed by atoms with Crippen molar-refractivity contribution >= 4 is 54.6 Å². The fourth-order valence-electron chi connectivity index (χ4n) is 4.42. The van der Waals surface area contributed by atoms with Gasteiger partial charge in [0.25, 0.3) is 5.56 Å². The van der Waals surface area contributed by atoms with E-state index in [2.05, 4.69) is 4.98 Å². The van der Waals surface area contributed by atoms with Gasteiger partial charge < -0.3 is 10.9 Å².